The predicted octanol–water partition coefficient (Wildman–Crippen LogP) is 2.29. The minimum Gasteiger partial charge on any atom is -0.341 e. The van der Waals surface area contributed by atoms with Crippen LogP contribution < -0.4 is 15.5 Å². The molecule has 0 unspecified atom stereocenters. The Bertz CT molecular complexity index is 742. The summed E-state index contributed by atoms with van der Waals surface area (Å²) in [5, 5.41) is 5.65. The molecule has 0 aliphatic carbocycles. The molecule has 130 valence electrons. The third-order valence-electron chi connectivity index (χ3n) is 4.15. The Labute approximate surface area is 146 Å². The smallest absolute Gasteiger partial charge is 0.227 e. The molecule has 1 aliphatic heterocycles. The van der Waals surface area contributed by atoms with E-state index in [2.05, 4.69) is 25.5 Å². The predicted molar refractivity (Wildman–Crippen MR) is 96.3 cm³/mol. The Morgan fingerprint density at radius 2 is 1.68 bits per heavy atom. The van der Waals surface area contributed by atoms with Crippen LogP contribution in [0.5, 0.6) is 0 Å². The van der Waals surface area contributed by atoms with E-state index >= 15 is 0 Å². The van der Waals surface area contributed by atoms with E-state index < -0.39 is 0 Å². The van der Waals surface area contributed by atoms with Gasteiger partial charge in [-0.25, -0.2) is 9.97 Å². The molecule has 7 nitrogen and oxygen atoms in total. The van der Waals surface area contributed by atoms with Crippen molar-refractivity contribution in [1.29, 1.82) is 0 Å². The summed E-state index contributed by atoms with van der Waals surface area (Å²) < 4.78 is 0. The lowest BCUT2D eigenvalue weighted by molar-refractivity contribution is -0.120. The number of carbonyl (C=O) groups is 2. The number of rotatable bonds is 4. The summed E-state index contributed by atoms with van der Waals surface area (Å²) in [5.41, 5.74) is 1.35. The number of nitrogens with one attached hydrogen (secondary N) is 2. The van der Waals surface area contributed by atoms with Gasteiger partial charge < -0.3 is 15.5 Å². The molecule has 1 aromatic heterocycles. The fourth-order valence-electron chi connectivity index (χ4n) is 2.92. The first-order valence-electron chi connectivity index (χ1n) is 8.32. The number of anilines is 3. The van der Waals surface area contributed by atoms with E-state index in [1.165, 1.54) is 6.92 Å². The summed E-state index contributed by atoms with van der Waals surface area (Å²) in [6.45, 7) is 2.97. The van der Waals surface area contributed by atoms with E-state index in [0.717, 1.165) is 25.9 Å². The molecule has 2 N–H and O–H groups in total. The van der Waals surface area contributed by atoms with Crippen molar-refractivity contribution < 1.29 is 9.59 Å². The number of piperidine rings is 1. The lowest BCUT2D eigenvalue weighted by Gasteiger charge is -2.31. The standard InChI is InChI=1S/C18H21N5O2/c1-13(24)21-15-4-2-5-16(12-15)22-17(25)14-6-10-23(11-7-14)18-19-8-3-9-20-18/h2-5,8-9,12,14H,6-7,10-11H2,1H3,(H,21,24)(H,22,25). The highest BCUT2D eigenvalue weighted by molar-refractivity contribution is 5.94. The molecule has 3 rings (SSSR count). The average Bonchev–Trinajstić information content (AvgIpc) is 2.62. The van der Waals surface area contributed by atoms with Crippen molar-refractivity contribution in [3.8, 4) is 0 Å². The van der Waals surface area contributed by atoms with Gasteiger partial charge in [0.1, 0.15) is 0 Å². The van der Waals surface area contributed by atoms with Gasteiger partial charge in [0, 0.05) is 49.7 Å². The molecule has 25 heavy (non-hydrogen) atoms. The Hall–Kier alpha value is -2.96. The summed E-state index contributed by atoms with van der Waals surface area (Å²) in [4.78, 5) is 34.2. The third kappa shape index (κ3) is 4.53. The van der Waals surface area contributed by atoms with Gasteiger partial charge in [0.25, 0.3) is 0 Å². The number of carbonyl (C=O) groups excluding carboxylic acids is 2. The van der Waals surface area contributed by atoms with Gasteiger partial charge in [0.05, 0.1) is 0 Å². The first-order valence-corrected chi connectivity index (χ1v) is 8.32. The highest BCUT2D eigenvalue weighted by Crippen LogP contribution is 2.22. The van der Waals surface area contributed by atoms with Gasteiger partial charge in [-0.3, -0.25) is 9.59 Å². The quantitative estimate of drug-likeness (QED) is 0.892. The second-order valence-corrected chi connectivity index (χ2v) is 6.06. The summed E-state index contributed by atoms with van der Waals surface area (Å²) in [5.74, 6) is 0.543. The van der Waals surface area contributed by atoms with E-state index in [1.54, 1.807) is 36.7 Å². The van der Waals surface area contributed by atoms with Gasteiger partial charge in [-0.2, -0.15) is 0 Å². The Morgan fingerprint density at radius 1 is 1.04 bits per heavy atom. The fourth-order valence-corrected chi connectivity index (χ4v) is 2.92. The van der Waals surface area contributed by atoms with Crippen LogP contribution in [0.15, 0.2) is 42.7 Å². The Morgan fingerprint density at radius 3 is 2.32 bits per heavy atom. The molecule has 2 aromatic rings. The fraction of sp³-hybridized carbons (Fsp3) is 0.333. The number of nitrogens with zero attached hydrogens (tertiary/aromatic N) is 3. The zero-order chi connectivity index (χ0) is 17.6. The van der Waals surface area contributed by atoms with Crippen LogP contribution in [-0.2, 0) is 9.59 Å². The van der Waals surface area contributed by atoms with E-state index in [-0.39, 0.29) is 17.7 Å². The average molecular weight is 339 g/mol. The van der Waals surface area contributed by atoms with Crippen LogP contribution in [0.2, 0.25) is 0 Å². The molecule has 7 heteroatoms. The van der Waals surface area contributed by atoms with Crippen LogP contribution in [-0.4, -0.2) is 34.9 Å². The highest BCUT2D eigenvalue weighted by Gasteiger charge is 2.26. The first-order chi connectivity index (χ1) is 12.1. The van der Waals surface area contributed by atoms with Crippen LogP contribution in [0, 0.1) is 5.92 Å². The number of amides is 2. The molecule has 2 heterocycles. The van der Waals surface area contributed by atoms with Crippen molar-refractivity contribution in [3.05, 3.63) is 42.7 Å². The van der Waals surface area contributed by atoms with E-state index in [0.29, 0.717) is 17.3 Å². The summed E-state index contributed by atoms with van der Waals surface area (Å²) in [7, 11) is 0. The monoisotopic (exact) mass is 339 g/mol. The van der Waals surface area contributed by atoms with Gasteiger partial charge in [0.2, 0.25) is 17.8 Å². The van der Waals surface area contributed by atoms with Crippen molar-refractivity contribution in [2.24, 2.45) is 5.92 Å². The maximum Gasteiger partial charge on any atom is 0.227 e. The molecule has 0 spiro atoms. The third-order valence-corrected chi connectivity index (χ3v) is 4.15. The van der Waals surface area contributed by atoms with Crippen molar-refractivity contribution in [2.75, 3.05) is 28.6 Å². The van der Waals surface area contributed by atoms with Gasteiger partial charge in [0.15, 0.2) is 0 Å². The lowest BCUT2D eigenvalue weighted by atomic mass is 9.96. The molecule has 1 fully saturated rings. The van der Waals surface area contributed by atoms with Crippen LogP contribution in [0.1, 0.15) is 19.8 Å². The largest absolute Gasteiger partial charge is 0.341 e. The first kappa shape index (κ1) is 16.9. The number of hydrogen-bond donors (Lipinski definition) is 2. The zero-order valence-corrected chi connectivity index (χ0v) is 14.1. The Kier molecular flexibility index (Phi) is 5.23. The van der Waals surface area contributed by atoms with Gasteiger partial charge >= 0.3 is 0 Å². The minimum atomic E-state index is -0.140. The van der Waals surface area contributed by atoms with Gasteiger partial charge in [-0.15, -0.1) is 0 Å². The molecule has 1 saturated heterocycles. The normalized spacial score (nSPS) is 14.8. The van der Waals surface area contributed by atoms with Crippen molar-refractivity contribution in [2.45, 2.75) is 19.8 Å². The second-order valence-electron chi connectivity index (χ2n) is 6.06. The van der Waals surface area contributed by atoms with Gasteiger partial charge in [-0.05, 0) is 37.1 Å². The van der Waals surface area contributed by atoms with E-state index in [1.807, 2.05) is 6.07 Å². The highest BCUT2D eigenvalue weighted by atomic mass is 16.2. The Balaban J connectivity index is 1.55. The molecule has 1 aliphatic rings. The summed E-state index contributed by atoms with van der Waals surface area (Å²) >= 11 is 0. The van der Waals surface area contributed by atoms with Crippen LogP contribution in [0.25, 0.3) is 0 Å². The maximum absolute atomic E-state index is 12.5. The summed E-state index contributed by atoms with van der Waals surface area (Å²) in [6.07, 6.45) is 4.97. The molecule has 0 radical (unpaired) electrons. The van der Waals surface area contributed by atoms with Gasteiger partial charge in [-0.1, -0.05) is 6.07 Å². The lowest BCUT2D eigenvalue weighted by Crippen LogP contribution is -2.39. The van der Waals surface area contributed by atoms with E-state index in [9.17, 15) is 9.59 Å². The van der Waals surface area contributed by atoms with Crippen LogP contribution in [0.3, 0.4) is 0 Å². The molecular weight excluding hydrogens is 318 g/mol. The number of benzene rings is 1. The number of aromatic nitrogens is 2. The maximum atomic E-state index is 12.5. The molecule has 0 atom stereocenters. The van der Waals surface area contributed by atoms with Crippen molar-refractivity contribution >= 4 is 29.1 Å². The topological polar surface area (TPSA) is 87.2 Å². The summed E-state index contributed by atoms with van der Waals surface area (Å²) in [6, 6.07) is 8.95. The SMILES string of the molecule is CC(=O)Nc1cccc(NC(=O)C2CCN(c3ncccn3)CC2)c1. The molecule has 2 amide bonds. The molecule has 1 aromatic carbocycles. The molecular formula is C18H21N5O2. The minimum absolute atomic E-state index is 0.00797. The van der Waals surface area contributed by atoms with Crippen molar-refractivity contribution in [3.63, 3.8) is 0 Å². The zero-order valence-electron chi connectivity index (χ0n) is 14.1. The van der Waals surface area contributed by atoms with Crippen LogP contribution >= 0.6 is 0 Å². The van der Waals surface area contributed by atoms with Crippen molar-refractivity contribution in [1.82, 2.24) is 9.97 Å². The van der Waals surface area contributed by atoms with E-state index in [4.69, 9.17) is 0 Å². The molecule has 0 bridgehead atoms. The van der Waals surface area contributed by atoms with Crippen LogP contribution in [0.4, 0.5) is 17.3 Å². The number of hydrogen-bond acceptors (Lipinski definition) is 5. The molecule has 0 saturated carbocycles. The second kappa shape index (κ2) is 7.74.